The Morgan fingerprint density at radius 3 is 3.00 bits per heavy atom. The molecule has 7 nitrogen and oxygen atoms in total. The van der Waals surface area contributed by atoms with Crippen molar-refractivity contribution >= 4 is 17.2 Å². The van der Waals surface area contributed by atoms with Crippen LogP contribution in [-0.2, 0) is 6.54 Å². The molecule has 1 amide bonds. The molecule has 0 fully saturated rings. The molecule has 0 aliphatic rings. The first kappa shape index (κ1) is 15.3. The van der Waals surface area contributed by atoms with Crippen LogP contribution in [0.1, 0.15) is 16.2 Å². The van der Waals surface area contributed by atoms with E-state index >= 15 is 0 Å². The van der Waals surface area contributed by atoms with Gasteiger partial charge in [-0.15, -0.1) is 0 Å². The minimum atomic E-state index is -0.295. The Hall–Kier alpha value is -3.26. The van der Waals surface area contributed by atoms with Crippen LogP contribution in [0.2, 0.25) is 0 Å². The first-order valence-electron chi connectivity index (χ1n) is 7.51. The highest BCUT2D eigenvalue weighted by Gasteiger charge is 2.14. The van der Waals surface area contributed by atoms with E-state index in [-0.39, 0.29) is 18.1 Å². The molecule has 0 saturated heterocycles. The number of aromatic nitrogens is 4. The molecular weight excluding hydrogens is 338 g/mol. The maximum Gasteiger partial charge on any atom is 0.272 e. The lowest BCUT2D eigenvalue weighted by atomic mass is 10.2. The minimum Gasteiger partial charge on any atom is -0.463 e. The molecule has 8 heteroatoms. The second-order valence-electron chi connectivity index (χ2n) is 5.19. The van der Waals surface area contributed by atoms with Crippen molar-refractivity contribution in [1.82, 2.24) is 25.5 Å². The lowest BCUT2D eigenvalue weighted by Crippen LogP contribution is -2.24. The summed E-state index contributed by atoms with van der Waals surface area (Å²) in [6.45, 7) is 0.265. The molecule has 0 saturated carbocycles. The minimum absolute atomic E-state index is 0.265. The summed E-state index contributed by atoms with van der Waals surface area (Å²) in [6, 6.07) is 7.19. The van der Waals surface area contributed by atoms with Crippen molar-refractivity contribution in [3.05, 3.63) is 65.1 Å². The summed E-state index contributed by atoms with van der Waals surface area (Å²) in [7, 11) is 0. The molecular formula is C17H13N5O2S. The van der Waals surface area contributed by atoms with Gasteiger partial charge in [0.05, 0.1) is 24.2 Å². The van der Waals surface area contributed by atoms with E-state index in [1.807, 2.05) is 16.8 Å². The van der Waals surface area contributed by atoms with Crippen LogP contribution >= 0.6 is 11.3 Å². The Morgan fingerprint density at radius 1 is 1.28 bits per heavy atom. The fourth-order valence-corrected chi connectivity index (χ4v) is 3.03. The zero-order valence-electron chi connectivity index (χ0n) is 13.0. The first-order chi connectivity index (χ1) is 12.3. The number of thiophene rings is 1. The van der Waals surface area contributed by atoms with Crippen molar-refractivity contribution in [2.75, 3.05) is 0 Å². The average molecular weight is 351 g/mol. The van der Waals surface area contributed by atoms with Gasteiger partial charge in [0.15, 0.2) is 11.5 Å². The summed E-state index contributed by atoms with van der Waals surface area (Å²) in [4.78, 5) is 21.0. The number of carbonyl (C=O) groups is 1. The third kappa shape index (κ3) is 3.20. The molecule has 0 aliphatic heterocycles. The predicted octanol–water partition coefficient (Wildman–Crippen LogP) is 3.12. The molecule has 0 radical (unpaired) electrons. The Kier molecular flexibility index (Phi) is 4.09. The lowest BCUT2D eigenvalue weighted by Gasteiger charge is -2.06. The van der Waals surface area contributed by atoms with Crippen molar-refractivity contribution < 1.29 is 9.21 Å². The lowest BCUT2D eigenvalue weighted by molar-refractivity contribution is 0.0945. The van der Waals surface area contributed by atoms with Crippen LogP contribution in [0.25, 0.3) is 22.7 Å². The van der Waals surface area contributed by atoms with Crippen molar-refractivity contribution in [3.63, 3.8) is 0 Å². The second kappa shape index (κ2) is 6.70. The maximum atomic E-state index is 12.3. The highest BCUT2D eigenvalue weighted by molar-refractivity contribution is 7.08. The van der Waals surface area contributed by atoms with E-state index in [9.17, 15) is 4.79 Å². The molecule has 124 valence electrons. The molecule has 4 rings (SSSR count). The standard InChI is InChI=1S/C17H13N5O2S/c23-17(13-8-12(21-22-13)15-2-1-6-24-15)20-9-14-16(19-5-4-18-14)11-3-7-25-10-11/h1-8,10H,9H2,(H,20,23)(H,21,22). The molecule has 2 N–H and O–H groups in total. The average Bonchev–Trinajstić information content (AvgIpc) is 3.41. The van der Waals surface area contributed by atoms with E-state index in [0.29, 0.717) is 17.1 Å². The number of nitrogens with zero attached hydrogens (tertiary/aromatic N) is 3. The van der Waals surface area contributed by atoms with E-state index < -0.39 is 0 Å². The number of H-pyrrole nitrogens is 1. The van der Waals surface area contributed by atoms with Crippen molar-refractivity contribution in [1.29, 1.82) is 0 Å². The predicted molar refractivity (Wildman–Crippen MR) is 92.8 cm³/mol. The number of aromatic amines is 1. The Bertz CT molecular complexity index is 976. The summed E-state index contributed by atoms with van der Waals surface area (Å²) >= 11 is 1.59. The van der Waals surface area contributed by atoms with Crippen molar-refractivity contribution in [3.8, 4) is 22.7 Å². The number of hydrogen-bond acceptors (Lipinski definition) is 6. The van der Waals surface area contributed by atoms with Crippen LogP contribution in [0.15, 0.2) is 58.1 Å². The molecule has 0 aromatic carbocycles. The van der Waals surface area contributed by atoms with Crippen LogP contribution in [0.5, 0.6) is 0 Å². The Balaban J connectivity index is 1.48. The fourth-order valence-electron chi connectivity index (χ4n) is 2.39. The summed E-state index contributed by atoms with van der Waals surface area (Å²) in [5.41, 5.74) is 3.39. The molecule has 25 heavy (non-hydrogen) atoms. The number of carbonyl (C=O) groups excluding carboxylic acids is 1. The van der Waals surface area contributed by atoms with Gasteiger partial charge in [0.1, 0.15) is 5.69 Å². The smallest absolute Gasteiger partial charge is 0.272 e. The number of rotatable bonds is 5. The van der Waals surface area contributed by atoms with E-state index in [1.165, 1.54) is 0 Å². The summed E-state index contributed by atoms with van der Waals surface area (Å²) < 4.78 is 5.28. The van der Waals surface area contributed by atoms with Gasteiger partial charge >= 0.3 is 0 Å². The van der Waals surface area contributed by atoms with Gasteiger partial charge < -0.3 is 9.73 Å². The number of nitrogens with one attached hydrogen (secondary N) is 2. The van der Waals surface area contributed by atoms with Gasteiger partial charge in [-0.2, -0.15) is 16.4 Å². The van der Waals surface area contributed by atoms with Gasteiger partial charge in [-0.05, 0) is 23.6 Å². The SMILES string of the molecule is O=C(NCc1nccnc1-c1ccsc1)c1cc(-c2ccco2)[nH]n1. The highest BCUT2D eigenvalue weighted by atomic mass is 32.1. The number of hydrogen-bond donors (Lipinski definition) is 2. The van der Waals surface area contributed by atoms with Gasteiger partial charge in [0.2, 0.25) is 0 Å². The molecule has 0 atom stereocenters. The largest absolute Gasteiger partial charge is 0.463 e. The summed E-state index contributed by atoms with van der Waals surface area (Å²) in [6.07, 6.45) is 4.82. The third-order valence-corrected chi connectivity index (χ3v) is 4.27. The van der Waals surface area contributed by atoms with Crippen molar-refractivity contribution in [2.45, 2.75) is 6.54 Å². The van der Waals surface area contributed by atoms with Gasteiger partial charge in [-0.25, -0.2) is 0 Å². The Labute approximate surface area is 146 Å². The first-order valence-corrected chi connectivity index (χ1v) is 8.45. The van der Waals surface area contributed by atoms with Gasteiger partial charge in [0.25, 0.3) is 5.91 Å². The quantitative estimate of drug-likeness (QED) is 0.576. The van der Waals surface area contributed by atoms with Crippen molar-refractivity contribution in [2.24, 2.45) is 0 Å². The van der Waals surface area contributed by atoms with Crippen LogP contribution in [-0.4, -0.2) is 26.1 Å². The van der Waals surface area contributed by atoms with Crippen LogP contribution in [0.4, 0.5) is 0 Å². The van der Waals surface area contributed by atoms with E-state index in [2.05, 4.69) is 25.5 Å². The molecule has 0 unspecified atom stereocenters. The maximum absolute atomic E-state index is 12.3. The Morgan fingerprint density at radius 2 is 2.20 bits per heavy atom. The molecule has 4 heterocycles. The normalized spacial score (nSPS) is 10.7. The fraction of sp³-hybridized carbons (Fsp3) is 0.0588. The van der Waals surface area contributed by atoms with Crippen LogP contribution in [0.3, 0.4) is 0 Å². The molecule has 0 aliphatic carbocycles. The van der Waals surface area contributed by atoms with Crippen LogP contribution < -0.4 is 5.32 Å². The van der Waals surface area contributed by atoms with E-state index in [4.69, 9.17) is 4.42 Å². The van der Waals surface area contributed by atoms with Gasteiger partial charge in [0, 0.05) is 29.4 Å². The summed E-state index contributed by atoms with van der Waals surface area (Å²) in [5, 5.41) is 13.6. The van der Waals surface area contributed by atoms with Crippen LogP contribution in [0, 0.1) is 0 Å². The second-order valence-corrected chi connectivity index (χ2v) is 5.97. The van der Waals surface area contributed by atoms with E-state index in [1.54, 1.807) is 48.2 Å². The monoisotopic (exact) mass is 351 g/mol. The number of furan rings is 1. The third-order valence-electron chi connectivity index (χ3n) is 3.58. The molecule has 4 aromatic heterocycles. The zero-order chi connectivity index (χ0) is 17.1. The topological polar surface area (TPSA) is 96.7 Å². The molecule has 0 spiro atoms. The number of amides is 1. The van der Waals surface area contributed by atoms with E-state index in [0.717, 1.165) is 11.3 Å². The van der Waals surface area contributed by atoms with Gasteiger partial charge in [-0.1, -0.05) is 0 Å². The van der Waals surface area contributed by atoms with Gasteiger partial charge in [-0.3, -0.25) is 19.9 Å². The highest BCUT2D eigenvalue weighted by Crippen LogP contribution is 2.22. The summed E-state index contributed by atoms with van der Waals surface area (Å²) in [5.74, 6) is 0.330. The zero-order valence-corrected chi connectivity index (χ0v) is 13.8. The molecule has 4 aromatic rings. The molecule has 0 bridgehead atoms.